The smallest absolute Gasteiger partial charge is 0.129 e. The van der Waals surface area contributed by atoms with Gasteiger partial charge >= 0.3 is 0 Å². The molecule has 2 heteroatoms. The first-order valence-corrected chi connectivity index (χ1v) is 9.70. The summed E-state index contributed by atoms with van der Waals surface area (Å²) in [6.07, 6.45) is 8.06. The third kappa shape index (κ3) is 2.95. The predicted octanol–water partition coefficient (Wildman–Crippen LogP) is 6.07. The second-order valence-corrected chi connectivity index (χ2v) is 8.09. The average molecular weight is 324 g/mol. The molecule has 2 aromatic rings. The van der Waals surface area contributed by atoms with Gasteiger partial charge in [-0.25, -0.2) is 0 Å². The van der Waals surface area contributed by atoms with Crippen molar-refractivity contribution in [1.29, 1.82) is 0 Å². The molecule has 1 nitrogen and oxygen atoms in total. The molecule has 1 aliphatic heterocycles. The first kappa shape index (κ1) is 15.3. The summed E-state index contributed by atoms with van der Waals surface area (Å²) in [5.74, 6) is 0. The van der Waals surface area contributed by atoms with Crippen molar-refractivity contribution in [3.05, 3.63) is 71.8 Å². The summed E-state index contributed by atoms with van der Waals surface area (Å²) in [4.78, 5) is 0. The highest BCUT2D eigenvalue weighted by Crippen LogP contribution is 2.60. The molecule has 0 unspecified atom stereocenters. The third-order valence-electron chi connectivity index (χ3n) is 5.22. The van der Waals surface area contributed by atoms with Crippen LogP contribution in [0.5, 0.6) is 0 Å². The highest BCUT2D eigenvalue weighted by atomic mass is 32.2. The Morgan fingerprint density at radius 2 is 1.52 bits per heavy atom. The Morgan fingerprint density at radius 1 is 0.826 bits per heavy atom. The van der Waals surface area contributed by atoms with Crippen molar-refractivity contribution in [3.63, 3.8) is 0 Å². The molecule has 0 N–H and O–H groups in total. The van der Waals surface area contributed by atoms with Gasteiger partial charge in [-0.1, -0.05) is 86.3 Å². The van der Waals surface area contributed by atoms with Crippen molar-refractivity contribution in [1.82, 2.24) is 0 Å². The first-order valence-electron chi connectivity index (χ1n) is 8.82. The van der Waals surface area contributed by atoms with Crippen LogP contribution in [0.1, 0.15) is 55.1 Å². The van der Waals surface area contributed by atoms with Gasteiger partial charge in [-0.05, 0) is 24.0 Å². The minimum Gasteiger partial charge on any atom is -0.358 e. The summed E-state index contributed by atoms with van der Waals surface area (Å²) < 4.78 is 6.73. The fraction of sp³-hybridized carbons (Fsp3) is 0.429. The van der Waals surface area contributed by atoms with Gasteiger partial charge in [0.2, 0.25) is 0 Å². The Morgan fingerprint density at radius 3 is 2.30 bits per heavy atom. The van der Waals surface area contributed by atoms with Gasteiger partial charge in [0.15, 0.2) is 0 Å². The quantitative estimate of drug-likeness (QED) is 0.663. The van der Waals surface area contributed by atoms with Crippen LogP contribution in [0.25, 0.3) is 0 Å². The van der Waals surface area contributed by atoms with Crippen LogP contribution in [-0.2, 0) is 9.48 Å². The lowest BCUT2D eigenvalue weighted by molar-refractivity contribution is 0.0187. The van der Waals surface area contributed by atoms with Crippen LogP contribution in [0, 0.1) is 0 Å². The number of ether oxygens (including phenoxy) is 1. The molecule has 1 saturated heterocycles. The van der Waals surface area contributed by atoms with Crippen LogP contribution >= 0.6 is 11.8 Å². The molecule has 2 aromatic carbocycles. The monoisotopic (exact) mass is 324 g/mol. The summed E-state index contributed by atoms with van der Waals surface area (Å²) in [7, 11) is 0. The normalized spacial score (nSPS) is 31.1. The van der Waals surface area contributed by atoms with Crippen LogP contribution in [0.3, 0.4) is 0 Å². The van der Waals surface area contributed by atoms with E-state index in [1.165, 1.54) is 49.7 Å². The lowest BCUT2D eigenvalue weighted by Crippen LogP contribution is -2.34. The molecule has 0 spiro atoms. The lowest BCUT2D eigenvalue weighted by atomic mass is 9.82. The average Bonchev–Trinajstić information content (AvgIpc) is 2.96. The van der Waals surface area contributed by atoms with Gasteiger partial charge in [0.25, 0.3) is 0 Å². The van der Waals surface area contributed by atoms with E-state index >= 15 is 0 Å². The van der Waals surface area contributed by atoms with E-state index in [9.17, 15) is 0 Å². The molecule has 3 atom stereocenters. The molecular formula is C21H24OS. The van der Waals surface area contributed by atoms with Crippen LogP contribution in [-0.4, -0.2) is 6.10 Å². The second-order valence-electron chi connectivity index (χ2n) is 6.69. The zero-order valence-electron chi connectivity index (χ0n) is 13.5. The molecule has 0 radical (unpaired) electrons. The van der Waals surface area contributed by atoms with Crippen molar-refractivity contribution >= 4 is 11.8 Å². The number of fused-ring (bicyclic) bond motifs is 1. The van der Waals surface area contributed by atoms with E-state index in [4.69, 9.17) is 4.74 Å². The Kier molecular flexibility index (Phi) is 4.46. The van der Waals surface area contributed by atoms with Gasteiger partial charge in [-0.15, -0.1) is 11.8 Å². The zero-order valence-corrected chi connectivity index (χ0v) is 14.3. The SMILES string of the molecule is c1ccc([C@@H]2O[C@H]3CCCCCC[C@@]3(c3ccccc3)S2)cc1. The molecule has 0 amide bonds. The maximum Gasteiger partial charge on any atom is 0.129 e. The fourth-order valence-corrected chi connectivity index (χ4v) is 5.75. The highest BCUT2D eigenvalue weighted by molar-refractivity contribution is 8.00. The molecule has 4 rings (SSSR count). The van der Waals surface area contributed by atoms with E-state index in [0.29, 0.717) is 6.10 Å². The summed E-state index contributed by atoms with van der Waals surface area (Å²) >= 11 is 2.05. The van der Waals surface area contributed by atoms with Gasteiger partial charge in [0.05, 0.1) is 10.9 Å². The fourth-order valence-electron chi connectivity index (χ4n) is 4.02. The Hall–Kier alpha value is -1.25. The molecule has 120 valence electrons. The van der Waals surface area contributed by atoms with Crippen molar-refractivity contribution in [2.75, 3.05) is 0 Å². The van der Waals surface area contributed by atoms with E-state index in [-0.39, 0.29) is 10.2 Å². The van der Waals surface area contributed by atoms with Crippen molar-refractivity contribution < 1.29 is 4.74 Å². The second kappa shape index (κ2) is 6.70. The van der Waals surface area contributed by atoms with Crippen molar-refractivity contribution in [3.8, 4) is 0 Å². The van der Waals surface area contributed by atoms with Crippen molar-refractivity contribution in [2.45, 2.75) is 54.8 Å². The van der Waals surface area contributed by atoms with Crippen LogP contribution < -0.4 is 0 Å². The van der Waals surface area contributed by atoms with Gasteiger partial charge < -0.3 is 4.74 Å². The van der Waals surface area contributed by atoms with Gasteiger partial charge in [0.1, 0.15) is 5.44 Å². The minimum absolute atomic E-state index is 0.127. The minimum atomic E-state index is 0.127. The number of benzene rings is 2. The van der Waals surface area contributed by atoms with E-state index in [1.54, 1.807) is 0 Å². The predicted molar refractivity (Wildman–Crippen MR) is 97.5 cm³/mol. The Bertz CT molecular complexity index is 627. The van der Waals surface area contributed by atoms with Crippen LogP contribution in [0.15, 0.2) is 60.7 Å². The number of thioether (sulfide) groups is 1. The topological polar surface area (TPSA) is 9.23 Å². The summed E-state index contributed by atoms with van der Waals surface area (Å²) in [6.45, 7) is 0. The van der Waals surface area contributed by atoms with E-state index in [2.05, 4.69) is 60.7 Å². The van der Waals surface area contributed by atoms with Gasteiger partial charge in [-0.2, -0.15) is 0 Å². The molecular weight excluding hydrogens is 300 g/mol. The summed E-state index contributed by atoms with van der Waals surface area (Å²) in [5, 5.41) is 0. The number of hydrogen-bond donors (Lipinski definition) is 0. The maximum absolute atomic E-state index is 6.61. The lowest BCUT2D eigenvalue weighted by Gasteiger charge is -2.35. The zero-order chi connectivity index (χ0) is 15.5. The largest absolute Gasteiger partial charge is 0.358 e. The van der Waals surface area contributed by atoms with Gasteiger partial charge in [0, 0.05) is 0 Å². The molecule has 0 aromatic heterocycles. The van der Waals surface area contributed by atoms with Gasteiger partial charge in [-0.3, -0.25) is 0 Å². The molecule has 23 heavy (non-hydrogen) atoms. The van der Waals surface area contributed by atoms with Crippen molar-refractivity contribution in [2.24, 2.45) is 0 Å². The molecule has 2 fully saturated rings. The number of hydrogen-bond acceptors (Lipinski definition) is 2. The molecule has 1 aliphatic carbocycles. The molecule has 2 aliphatic rings. The van der Waals surface area contributed by atoms with E-state index in [0.717, 1.165) is 0 Å². The third-order valence-corrected chi connectivity index (χ3v) is 6.94. The number of rotatable bonds is 2. The molecule has 1 saturated carbocycles. The molecule has 0 bridgehead atoms. The summed E-state index contributed by atoms with van der Waals surface area (Å²) in [5.41, 5.74) is 2.93. The maximum atomic E-state index is 6.61. The summed E-state index contributed by atoms with van der Waals surface area (Å²) in [6, 6.07) is 21.8. The molecule has 1 heterocycles. The highest BCUT2D eigenvalue weighted by Gasteiger charge is 2.50. The van der Waals surface area contributed by atoms with Crippen LogP contribution in [0.2, 0.25) is 0 Å². The Balaban J connectivity index is 1.71. The first-order chi connectivity index (χ1) is 11.4. The van der Waals surface area contributed by atoms with Crippen LogP contribution in [0.4, 0.5) is 0 Å². The standard InChI is InChI=1S/C21H24OS/c1-2-10-16-21(18-13-7-4-8-14-18)19(15-9-1)22-20(23-21)17-11-5-3-6-12-17/h3-8,11-14,19-20H,1-2,9-10,15-16H2/t19-,20+,21-/m0/s1. The van der Waals surface area contributed by atoms with E-state index < -0.39 is 0 Å². The Labute approximate surface area is 143 Å². The van der Waals surface area contributed by atoms with E-state index in [1.807, 2.05) is 11.8 Å².